The molecule has 0 heterocycles. The van der Waals surface area contributed by atoms with Crippen molar-refractivity contribution in [3.8, 4) is 0 Å². The van der Waals surface area contributed by atoms with Crippen LogP contribution in [0.5, 0.6) is 0 Å². The Hall–Kier alpha value is -0.770. The number of rotatable bonds is 7. The minimum Gasteiger partial charge on any atom is -0.338 e. The van der Waals surface area contributed by atoms with Crippen molar-refractivity contribution in [2.75, 3.05) is 26.2 Å². The van der Waals surface area contributed by atoms with Crippen molar-refractivity contribution in [3.63, 3.8) is 0 Å². The molecule has 4 heteroatoms. The number of carbonyl (C=O) groups excluding carboxylic acids is 1. The monoisotopic (exact) mass is 187 g/mol. The predicted molar refractivity (Wildman–Crippen MR) is 54.9 cm³/mol. The molecule has 0 aliphatic rings. The number of amides is 2. The van der Waals surface area contributed by atoms with Crippen LogP contribution in [0.3, 0.4) is 0 Å². The maximum Gasteiger partial charge on any atom is 0.314 e. The lowest BCUT2D eigenvalue weighted by Crippen LogP contribution is -2.39. The van der Waals surface area contributed by atoms with Gasteiger partial charge in [-0.3, -0.25) is 0 Å². The summed E-state index contributed by atoms with van der Waals surface area (Å²) < 4.78 is 0. The number of hydrogen-bond acceptors (Lipinski definition) is 2. The van der Waals surface area contributed by atoms with Gasteiger partial charge in [0, 0.05) is 19.6 Å². The summed E-state index contributed by atoms with van der Waals surface area (Å²) in [6.07, 6.45) is 2.10. The van der Waals surface area contributed by atoms with E-state index in [1.165, 1.54) is 0 Å². The molecule has 0 saturated heterocycles. The maximum atomic E-state index is 11.0. The highest BCUT2D eigenvalue weighted by molar-refractivity contribution is 5.73. The Morgan fingerprint density at radius 1 is 0.923 bits per heavy atom. The molecule has 0 aliphatic heterocycles. The van der Waals surface area contributed by atoms with Crippen LogP contribution in [0.1, 0.15) is 26.7 Å². The summed E-state index contributed by atoms with van der Waals surface area (Å²) in [5, 5.41) is 8.71. The van der Waals surface area contributed by atoms with Gasteiger partial charge in [-0.1, -0.05) is 13.8 Å². The van der Waals surface area contributed by atoms with E-state index in [1.807, 2.05) is 6.92 Å². The fourth-order valence-corrected chi connectivity index (χ4v) is 0.867. The third-order valence-corrected chi connectivity index (χ3v) is 1.55. The van der Waals surface area contributed by atoms with Crippen molar-refractivity contribution in [2.45, 2.75) is 26.7 Å². The van der Waals surface area contributed by atoms with E-state index in [1.54, 1.807) is 0 Å². The maximum absolute atomic E-state index is 11.0. The number of urea groups is 1. The molecule has 0 spiro atoms. The zero-order valence-corrected chi connectivity index (χ0v) is 8.65. The molecule has 0 rings (SSSR count). The molecule has 3 N–H and O–H groups in total. The van der Waals surface area contributed by atoms with E-state index in [9.17, 15) is 4.79 Å². The Labute approximate surface area is 80.5 Å². The first-order chi connectivity index (χ1) is 6.31. The molecule has 0 aromatic heterocycles. The Bertz CT molecular complexity index is 128. The molecule has 2 amide bonds. The summed E-state index contributed by atoms with van der Waals surface area (Å²) in [4.78, 5) is 11.0. The highest BCUT2D eigenvalue weighted by Gasteiger charge is 1.95. The highest BCUT2D eigenvalue weighted by Crippen LogP contribution is 1.71. The summed E-state index contributed by atoms with van der Waals surface area (Å²) >= 11 is 0. The van der Waals surface area contributed by atoms with Crippen LogP contribution < -0.4 is 16.0 Å². The van der Waals surface area contributed by atoms with Gasteiger partial charge in [-0.2, -0.15) is 0 Å². The second kappa shape index (κ2) is 9.32. The minimum absolute atomic E-state index is 0.0693. The zero-order valence-electron chi connectivity index (χ0n) is 8.65. The molecule has 0 aromatic rings. The lowest BCUT2D eigenvalue weighted by Gasteiger charge is -2.06. The molecule has 78 valence electrons. The quantitative estimate of drug-likeness (QED) is 0.514. The summed E-state index contributed by atoms with van der Waals surface area (Å²) in [6.45, 7) is 7.44. The van der Waals surface area contributed by atoms with Crippen LogP contribution >= 0.6 is 0 Å². The van der Waals surface area contributed by atoms with Gasteiger partial charge in [0.05, 0.1) is 0 Å². The summed E-state index contributed by atoms with van der Waals surface area (Å²) in [7, 11) is 0. The fourth-order valence-electron chi connectivity index (χ4n) is 0.867. The fraction of sp³-hybridized carbons (Fsp3) is 0.889. The van der Waals surface area contributed by atoms with Crippen LogP contribution in [0.25, 0.3) is 0 Å². The second-order valence-electron chi connectivity index (χ2n) is 2.93. The molecule has 0 aromatic carbocycles. The smallest absolute Gasteiger partial charge is 0.314 e. The molecule has 0 fully saturated rings. The molecule has 0 radical (unpaired) electrons. The van der Waals surface area contributed by atoms with Crippen LogP contribution in [0.4, 0.5) is 4.79 Å². The van der Waals surface area contributed by atoms with Crippen molar-refractivity contribution in [1.82, 2.24) is 16.0 Å². The van der Waals surface area contributed by atoms with E-state index < -0.39 is 0 Å². The second-order valence-corrected chi connectivity index (χ2v) is 2.93. The van der Waals surface area contributed by atoms with Crippen LogP contribution in [0, 0.1) is 0 Å². The van der Waals surface area contributed by atoms with Gasteiger partial charge in [0.2, 0.25) is 0 Å². The van der Waals surface area contributed by atoms with Gasteiger partial charge in [-0.15, -0.1) is 0 Å². The minimum atomic E-state index is -0.0693. The summed E-state index contributed by atoms with van der Waals surface area (Å²) in [5.41, 5.74) is 0. The molecular formula is C9H21N3O. The molecular weight excluding hydrogens is 166 g/mol. The van der Waals surface area contributed by atoms with Gasteiger partial charge in [-0.25, -0.2) is 4.79 Å². The Balaban J connectivity index is 3.08. The number of carbonyl (C=O) groups is 1. The lowest BCUT2D eigenvalue weighted by atomic mass is 10.4. The van der Waals surface area contributed by atoms with Crippen LogP contribution in [-0.2, 0) is 0 Å². The molecule has 4 nitrogen and oxygen atoms in total. The summed E-state index contributed by atoms with van der Waals surface area (Å²) in [6, 6.07) is -0.0693. The average molecular weight is 187 g/mol. The van der Waals surface area contributed by atoms with Crippen LogP contribution in [-0.4, -0.2) is 32.2 Å². The normalized spacial score (nSPS) is 9.69. The van der Waals surface area contributed by atoms with Gasteiger partial charge in [0.25, 0.3) is 0 Å². The van der Waals surface area contributed by atoms with Gasteiger partial charge in [-0.05, 0) is 19.4 Å². The molecule has 0 unspecified atom stereocenters. The average Bonchev–Trinajstić information content (AvgIpc) is 2.14. The molecule has 0 saturated carbocycles. The van der Waals surface area contributed by atoms with E-state index in [-0.39, 0.29) is 6.03 Å². The molecule has 0 bridgehead atoms. The van der Waals surface area contributed by atoms with Gasteiger partial charge in [0.1, 0.15) is 0 Å². The third kappa shape index (κ3) is 9.14. The number of nitrogens with one attached hydrogen (secondary N) is 3. The molecule has 13 heavy (non-hydrogen) atoms. The van der Waals surface area contributed by atoms with Crippen molar-refractivity contribution in [1.29, 1.82) is 0 Å². The van der Waals surface area contributed by atoms with Gasteiger partial charge in [0.15, 0.2) is 0 Å². The van der Waals surface area contributed by atoms with E-state index >= 15 is 0 Å². The topological polar surface area (TPSA) is 53.2 Å². The third-order valence-electron chi connectivity index (χ3n) is 1.55. The SMILES string of the molecule is CCCNCCNC(=O)NCCC. The Morgan fingerprint density at radius 2 is 1.54 bits per heavy atom. The predicted octanol–water partition coefficient (Wildman–Crippen LogP) is 0.695. The van der Waals surface area contributed by atoms with E-state index in [0.29, 0.717) is 6.54 Å². The van der Waals surface area contributed by atoms with E-state index in [2.05, 4.69) is 22.9 Å². The van der Waals surface area contributed by atoms with Crippen molar-refractivity contribution < 1.29 is 4.79 Å². The Kier molecular flexibility index (Phi) is 8.77. The first-order valence-corrected chi connectivity index (χ1v) is 5.03. The number of hydrogen-bond donors (Lipinski definition) is 3. The van der Waals surface area contributed by atoms with Crippen molar-refractivity contribution in [3.05, 3.63) is 0 Å². The molecule has 0 aliphatic carbocycles. The van der Waals surface area contributed by atoms with Gasteiger partial charge < -0.3 is 16.0 Å². The zero-order chi connectivity index (χ0) is 9.94. The standard InChI is InChI=1S/C9H21N3O/c1-3-5-10-7-8-12-9(13)11-6-4-2/h10H,3-8H2,1-2H3,(H2,11,12,13). The van der Waals surface area contributed by atoms with Crippen LogP contribution in [0.15, 0.2) is 0 Å². The molecule has 0 atom stereocenters. The Morgan fingerprint density at radius 3 is 2.15 bits per heavy atom. The van der Waals surface area contributed by atoms with Gasteiger partial charge >= 0.3 is 6.03 Å². The van der Waals surface area contributed by atoms with E-state index in [0.717, 1.165) is 32.5 Å². The highest BCUT2D eigenvalue weighted by atomic mass is 16.2. The van der Waals surface area contributed by atoms with Crippen molar-refractivity contribution in [2.24, 2.45) is 0 Å². The lowest BCUT2D eigenvalue weighted by molar-refractivity contribution is 0.241. The van der Waals surface area contributed by atoms with Crippen LogP contribution in [0.2, 0.25) is 0 Å². The first-order valence-electron chi connectivity index (χ1n) is 5.03. The summed E-state index contributed by atoms with van der Waals surface area (Å²) in [5.74, 6) is 0. The van der Waals surface area contributed by atoms with E-state index in [4.69, 9.17) is 0 Å². The largest absolute Gasteiger partial charge is 0.338 e. The van der Waals surface area contributed by atoms with Crippen molar-refractivity contribution >= 4 is 6.03 Å². The first kappa shape index (κ1) is 12.2.